The molecule has 8 nitrogen and oxygen atoms in total. The van der Waals surface area contributed by atoms with Gasteiger partial charge in [-0.15, -0.1) is 0 Å². The number of nitrogens with zero attached hydrogens (tertiary/aromatic N) is 2. The van der Waals surface area contributed by atoms with Crippen LogP contribution in [0.5, 0.6) is 5.75 Å². The fraction of sp³-hybridized carbons (Fsp3) is 0.435. The number of ether oxygens (including phenoxy) is 2. The molecular weight excluding hydrogens is 398 g/mol. The van der Waals surface area contributed by atoms with Crippen LogP contribution in [0, 0.1) is 13.8 Å². The Morgan fingerprint density at radius 3 is 2.81 bits per heavy atom. The molecule has 2 aliphatic rings. The number of urea groups is 1. The first-order valence-corrected chi connectivity index (χ1v) is 10.4. The first kappa shape index (κ1) is 21.1. The van der Waals surface area contributed by atoms with Crippen molar-refractivity contribution in [3.05, 3.63) is 52.8 Å². The highest BCUT2D eigenvalue weighted by Crippen LogP contribution is 2.41. The third kappa shape index (κ3) is 3.50. The average molecular weight is 425 g/mol. The van der Waals surface area contributed by atoms with Gasteiger partial charge in [0.05, 0.1) is 13.2 Å². The molecule has 3 heterocycles. The van der Waals surface area contributed by atoms with E-state index in [1.165, 1.54) is 0 Å². The first-order valence-electron chi connectivity index (χ1n) is 10.4. The summed E-state index contributed by atoms with van der Waals surface area (Å²) in [5.41, 5.74) is 1.78. The summed E-state index contributed by atoms with van der Waals surface area (Å²) >= 11 is 0. The van der Waals surface area contributed by atoms with E-state index >= 15 is 0 Å². The molecule has 1 atom stereocenters. The van der Waals surface area contributed by atoms with E-state index in [9.17, 15) is 14.4 Å². The minimum absolute atomic E-state index is 0.257. The van der Waals surface area contributed by atoms with Crippen molar-refractivity contribution >= 4 is 17.7 Å². The second-order valence-corrected chi connectivity index (χ2v) is 8.03. The molecule has 3 amide bonds. The number of carbonyl (C=O) groups is 3. The molecule has 1 aromatic carbocycles. The molecule has 1 aromatic heterocycles. The minimum atomic E-state index is -1.18. The molecule has 0 radical (unpaired) electrons. The van der Waals surface area contributed by atoms with Crippen molar-refractivity contribution < 1.29 is 23.9 Å². The number of imide groups is 1. The van der Waals surface area contributed by atoms with E-state index in [0.717, 1.165) is 29.3 Å². The van der Waals surface area contributed by atoms with Crippen molar-refractivity contribution in [3.63, 3.8) is 0 Å². The van der Waals surface area contributed by atoms with E-state index in [0.29, 0.717) is 36.5 Å². The van der Waals surface area contributed by atoms with E-state index in [2.05, 4.69) is 9.88 Å². The van der Waals surface area contributed by atoms with Gasteiger partial charge in [-0.05, 0) is 32.4 Å². The zero-order valence-electron chi connectivity index (χ0n) is 18.1. The van der Waals surface area contributed by atoms with Crippen LogP contribution in [0.3, 0.4) is 0 Å². The molecule has 2 aromatic rings. The smallest absolute Gasteiger partial charge is 0.325 e. The van der Waals surface area contributed by atoms with E-state index in [1.807, 2.05) is 26.0 Å². The Bertz CT molecular complexity index is 1040. The zero-order chi connectivity index (χ0) is 22.2. The van der Waals surface area contributed by atoms with Crippen LogP contribution in [0.15, 0.2) is 30.3 Å². The van der Waals surface area contributed by atoms with Gasteiger partial charge in [0, 0.05) is 49.2 Å². The van der Waals surface area contributed by atoms with Gasteiger partial charge in [0.15, 0.2) is 11.3 Å². The molecule has 1 N–H and O–H groups in total. The number of aryl methyl sites for hydroxylation is 1. The van der Waals surface area contributed by atoms with Crippen LogP contribution in [0.4, 0.5) is 4.79 Å². The second-order valence-electron chi connectivity index (χ2n) is 8.03. The van der Waals surface area contributed by atoms with E-state index < -0.39 is 17.5 Å². The molecule has 2 aliphatic heterocycles. The average Bonchev–Trinajstić information content (AvgIpc) is 3.17. The fourth-order valence-corrected chi connectivity index (χ4v) is 4.54. The quantitative estimate of drug-likeness (QED) is 0.418. The number of Topliss-reactive ketones (excluding diaryl/α,β-unsaturated/α-hetero) is 1. The lowest BCUT2D eigenvalue weighted by Gasteiger charge is -2.33. The monoisotopic (exact) mass is 425 g/mol. The van der Waals surface area contributed by atoms with Crippen molar-refractivity contribution in [1.29, 1.82) is 0 Å². The Morgan fingerprint density at radius 1 is 1.26 bits per heavy atom. The summed E-state index contributed by atoms with van der Waals surface area (Å²) in [6, 6.07) is 8.46. The maximum atomic E-state index is 13.4. The van der Waals surface area contributed by atoms with Crippen LogP contribution < -0.4 is 10.1 Å². The van der Waals surface area contributed by atoms with Gasteiger partial charge in [-0.3, -0.25) is 14.5 Å². The molecule has 1 fully saturated rings. The number of aromatic nitrogens is 1. The second kappa shape index (κ2) is 8.19. The highest BCUT2D eigenvalue weighted by molar-refractivity contribution is 6.12. The summed E-state index contributed by atoms with van der Waals surface area (Å²) in [6.07, 6.45) is 1.16. The molecule has 0 saturated carbocycles. The van der Waals surface area contributed by atoms with Crippen LogP contribution in [-0.2, 0) is 21.6 Å². The van der Waals surface area contributed by atoms with E-state index in [1.54, 1.807) is 25.3 Å². The lowest BCUT2D eigenvalue weighted by Crippen LogP contribution is -2.47. The number of amides is 3. The van der Waals surface area contributed by atoms with Crippen LogP contribution in [-0.4, -0.2) is 54.1 Å². The highest BCUT2D eigenvalue weighted by Gasteiger charge is 2.55. The largest absolute Gasteiger partial charge is 0.493 e. The predicted octanol–water partition coefficient (Wildman–Crippen LogP) is 2.55. The van der Waals surface area contributed by atoms with Crippen molar-refractivity contribution in [2.45, 2.75) is 38.8 Å². The zero-order valence-corrected chi connectivity index (χ0v) is 18.1. The Balaban J connectivity index is 1.56. The van der Waals surface area contributed by atoms with E-state index in [4.69, 9.17) is 9.47 Å². The molecule has 31 heavy (non-hydrogen) atoms. The molecule has 1 saturated heterocycles. The number of rotatable bonds is 7. The van der Waals surface area contributed by atoms with Crippen molar-refractivity contribution in [2.75, 3.05) is 26.9 Å². The van der Waals surface area contributed by atoms with Gasteiger partial charge in [-0.1, -0.05) is 18.2 Å². The maximum absolute atomic E-state index is 13.4. The summed E-state index contributed by atoms with van der Waals surface area (Å²) in [5, 5.41) is 2.83. The fourth-order valence-electron chi connectivity index (χ4n) is 4.54. The predicted molar refractivity (Wildman–Crippen MR) is 113 cm³/mol. The normalized spacial score (nSPS) is 20.0. The molecule has 0 bridgehead atoms. The lowest BCUT2D eigenvalue weighted by molar-refractivity contribution is -0.132. The number of para-hydroxylation sites is 1. The third-order valence-corrected chi connectivity index (χ3v) is 6.16. The van der Waals surface area contributed by atoms with Gasteiger partial charge in [0.25, 0.3) is 5.91 Å². The first-order chi connectivity index (χ1) is 14.9. The van der Waals surface area contributed by atoms with Crippen molar-refractivity contribution in [1.82, 2.24) is 14.8 Å². The number of fused-ring (bicyclic) bond motifs is 2. The molecule has 0 unspecified atom stereocenters. The molecule has 1 spiro atoms. The van der Waals surface area contributed by atoms with Crippen LogP contribution in [0.25, 0.3) is 0 Å². The summed E-state index contributed by atoms with van der Waals surface area (Å²) in [4.78, 5) is 40.2. The highest BCUT2D eigenvalue weighted by atomic mass is 16.5. The van der Waals surface area contributed by atoms with Crippen LogP contribution in [0.1, 0.15) is 40.2 Å². The maximum Gasteiger partial charge on any atom is 0.325 e. The Labute approximate surface area is 181 Å². The van der Waals surface area contributed by atoms with Gasteiger partial charge in [-0.25, -0.2) is 4.79 Å². The minimum Gasteiger partial charge on any atom is -0.493 e. The Hall–Kier alpha value is -3.13. The topological polar surface area (TPSA) is 89.9 Å². The van der Waals surface area contributed by atoms with Crippen molar-refractivity contribution in [3.8, 4) is 5.75 Å². The van der Waals surface area contributed by atoms with Gasteiger partial charge in [0.2, 0.25) is 0 Å². The Morgan fingerprint density at radius 2 is 2.03 bits per heavy atom. The molecule has 0 aliphatic carbocycles. The Kier molecular flexibility index (Phi) is 5.58. The number of methoxy groups -OCH3 is 1. The summed E-state index contributed by atoms with van der Waals surface area (Å²) < 4.78 is 12.8. The number of nitrogens with one attached hydrogen (secondary N) is 1. The SMILES string of the molecule is COCCCn1c(C)cc(C(=O)CN2C(=O)N[C@]3(CCOc4ccccc43)C2=O)c1C. The lowest BCUT2D eigenvalue weighted by atomic mass is 9.84. The van der Waals surface area contributed by atoms with Crippen LogP contribution in [0.2, 0.25) is 0 Å². The van der Waals surface area contributed by atoms with E-state index in [-0.39, 0.29) is 12.3 Å². The standard InChI is InChI=1S/C23H27N3O5/c1-15-13-17(16(2)25(15)10-6-11-30-3)19(27)14-26-21(28)23(24-22(26)29)9-12-31-20-8-5-4-7-18(20)23/h4-5,7-8,13H,6,9-12,14H2,1-3H3,(H,24,29)/t23-/m0/s1. The number of benzene rings is 1. The van der Waals surface area contributed by atoms with Gasteiger partial charge < -0.3 is 19.4 Å². The number of ketones is 1. The van der Waals surface area contributed by atoms with Gasteiger partial charge in [-0.2, -0.15) is 0 Å². The van der Waals surface area contributed by atoms with Crippen LogP contribution >= 0.6 is 0 Å². The molecular formula is C23H27N3O5. The number of hydrogen-bond donors (Lipinski definition) is 1. The summed E-state index contributed by atoms with van der Waals surface area (Å²) in [6.45, 7) is 5.22. The summed E-state index contributed by atoms with van der Waals surface area (Å²) in [5.74, 6) is -0.0855. The molecule has 4 rings (SSSR count). The molecule has 8 heteroatoms. The summed E-state index contributed by atoms with van der Waals surface area (Å²) in [7, 11) is 1.66. The van der Waals surface area contributed by atoms with Gasteiger partial charge >= 0.3 is 6.03 Å². The third-order valence-electron chi connectivity index (χ3n) is 6.16. The number of hydrogen-bond acceptors (Lipinski definition) is 5. The van der Waals surface area contributed by atoms with Gasteiger partial charge in [0.1, 0.15) is 5.75 Å². The molecule has 164 valence electrons. The van der Waals surface area contributed by atoms with Crippen molar-refractivity contribution in [2.24, 2.45) is 0 Å². The number of carbonyl (C=O) groups excluding carboxylic acids is 3.